The summed E-state index contributed by atoms with van der Waals surface area (Å²) in [6.07, 6.45) is 11.7. The molecule has 0 aromatic carbocycles. The van der Waals surface area contributed by atoms with Gasteiger partial charge in [-0.3, -0.25) is 4.79 Å². The maximum Gasteiger partial charge on any atom is 0.142 e. The number of aromatic amines is 1. The molecule has 0 spiro atoms. The molecule has 1 aromatic rings. The van der Waals surface area contributed by atoms with Crippen LogP contribution in [0.2, 0.25) is 0 Å². The van der Waals surface area contributed by atoms with E-state index >= 15 is 0 Å². The van der Waals surface area contributed by atoms with Gasteiger partial charge < -0.3 is 4.98 Å². The maximum atomic E-state index is 10.2. The summed E-state index contributed by atoms with van der Waals surface area (Å²) in [6.45, 7) is 5.81. The summed E-state index contributed by atoms with van der Waals surface area (Å²) in [5, 5.41) is 1.87. The van der Waals surface area contributed by atoms with E-state index in [1.807, 2.05) is 31.3 Å². The van der Waals surface area contributed by atoms with E-state index in [-0.39, 0.29) is 0 Å². The molecule has 0 saturated carbocycles. The zero-order valence-corrected chi connectivity index (χ0v) is 8.16. The third-order valence-electron chi connectivity index (χ3n) is 1.85. The summed E-state index contributed by atoms with van der Waals surface area (Å²) >= 11 is 0. The lowest BCUT2D eigenvalue weighted by Gasteiger charge is -1.82. The fourth-order valence-corrected chi connectivity index (χ4v) is 1.16. The van der Waals surface area contributed by atoms with Gasteiger partial charge in [0.15, 0.2) is 0 Å². The number of hydrogen-bond acceptors (Lipinski definition) is 1. The Bertz CT molecular complexity index is 463. The van der Waals surface area contributed by atoms with Crippen LogP contribution in [0, 0.1) is 0 Å². The standard InChI is InChI=1S/C12H13NO/c1-3-4-7-12-10(2)13-9-11(12)6-5-8-14/h3-9,13H,2H2,1H3/b4-3-,6-5+,12-7+. The Hall–Kier alpha value is -1.83. The van der Waals surface area contributed by atoms with Crippen molar-refractivity contribution in [2.45, 2.75) is 6.92 Å². The van der Waals surface area contributed by atoms with E-state index in [0.29, 0.717) is 0 Å². The summed E-state index contributed by atoms with van der Waals surface area (Å²) < 4.78 is 0. The van der Waals surface area contributed by atoms with Crippen molar-refractivity contribution in [2.75, 3.05) is 0 Å². The molecular weight excluding hydrogens is 174 g/mol. The van der Waals surface area contributed by atoms with Crippen molar-refractivity contribution in [3.05, 3.63) is 40.6 Å². The number of aromatic nitrogens is 1. The van der Waals surface area contributed by atoms with E-state index in [1.165, 1.54) is 6.08 Å². The lowest BCUT2D eigenvalue weighted by molar-refractivity contribution is -0.104. The second-order valence-corrected chi connectivity index (χ2v) is 2.82. The molecule has 72 valence electrons. The van der Waals surface area contributed by atoms with Crippen molar-refractivity contribution in [1.82, 2.24) is 4.98 Å². The Kier molecular flexibility index (Phi) is 3.68. The van der Waals surface area contributed by atoms with Gasteiger partial charge in [0.2, 0.25) is 0 Å². The highest BCUT2D eigenvalue weighted by atomic mass is 16.1. The summed E-state index contributed by atoms with van der Waals surface area (Å²) in [4.78, 5) is 13.2. The van der Waals surface area contributed by atoms with Crippen LogP contribution in [0.5, 0.6) is 0 Å². The number of H-pyrrole nitrogens is 1. The predicted octanol–water partition coefficient (Wildman–Crippen LogP) is 0.994. The summed E-state index contributed by atoms with van der Waals surface area (Å²) in [5.41, 5.74) is 0.972. The van der Waals surface area contributed by atoms with Gasteiger partial charge in [0.25, 0.3) is 0 Å². The molecule has 14 heavy (non-hydrogen) atoms. The highest BCUT2D eigenvalue weighted by Crippen LogP contribution is 1.89. The minimum Gasteiger partial charge on any atom is -0.361 e. The van der Waals surface area contributed by atoms with Crippen LogP contribution < -0.4 is 10.6 Å². The van der Waals surface area contributed by atoms with Gasteiger partial charge in [0.1, 0.15) is 6.29 Å². The fourth-order valence-electron chi connectivity index (χ4n) is 1.16. The highest BCUT2D eigenvalue weighted by Gasteiger charge is 1.91. The van der Waals surface area contributed by atoms with Crippen LogP contribution in [0.1, 0.15) is 12.5 Å². The lowest BCUT2D eigenvalue weighted by atomic mass is 10.2. The van der Waals surface area contributed by atoms with Crippen LogP contribution in [-0.4, -0.2) is 11.3 Å². The molecule has 0 radical (unpaired) electrons. The minimum absolute atomic E-state index is 0.759. The fraction of sp³-hybridized carbons (Fsp3) is 0.0833. The third kappa shape index (κ3) is 2.33. The van der Waals surface area contributed by atoms with E-state index < -0.39 is 0 Å². The van der Waals surface area contributed by atoms with E-state index in [4.69, 9.17) is 0 Å². The van der Waals surface area contributed by atoms with Crippen molar-refractivity contribution in [3.63, 3.8) is 0 Å². The number of hydrogen-bond donors (Lipinski definition) is 1. The second kappa shape index (κ2) is 5.02. The quantitative estimate of drug-likeness (QED) is 0.555. The van der Waals surface area contributed by atoms with Gasteiger partial charge in [-0.05, 0) is 24.6 Å². The largest absolute Gasteiger partial charge is 0.361 e. The second-order valence-electron chi connectivity index (χ2n) is 2.82. The first kappa shape index (κ1) is 10.3. The first-order valence-electron chi connectivity index (χ1n) is 4.40. The molecule has 2 heteroatoms. The Morgan fingerprint density at radius 1 is 1.43 bits per heavy atom. The first-order valence-corrected chi connectivity index (χ1v) is 4.40. The van der Waals surface area contributed by atoms with Gasteiger partial charge in [-0.25, -0.2) is 0 Å². The molecule has 0 aliphatic rings. The SMILES string of the molecule is C=c1[nH]cc(/C=C/C=O)/c1=C/C=C\C. The zero-order valence-electron chi connectivity index (χ0n) is 8.16. The molecular formula is C12H13NO. The molecule has 1 heterocycles. The average molecular weight is 187 g/mol. The maximum absolute atomic E-state index is 10.2. The number of rotatable bonds is 3. The third-order valence-corrected chi connectivity index (χ3v) is 1.85. The Morgan fingerprint density at radius 3 is 2.86 bits per heavy atom. The number of carbonyl (C=O) groups is 1. The number of allylic oxidation sites excluding steroid dienone is 3. The van der Waals surface area contributed by atoms with Crippen LogP contribution in [0.25, 0.3) is 18.7 Å². The molecule has 0 aliphatic carbocycles. The highest BCUT2D eigenvalue weighted by molar-refractivity contribution is 5.74. The van der Waals surface area contributed by atoms with Gasteiger partial charge in [0, 0.05) is 16.8 Å². The minimum atomic E-state index is 0.759. The molecule has 0 saturated heterocycles. The van der Waals surface area contributed by atoms with Crippen molar-refractivity contribution in [2.24, 2.45) is 0 Å². The smallest absolute Gasteiger partial charge is 0.142 e. The molecule has 0 unspecified atom stereocenters. The molecule has 2 nitrogen and oxygen atoms in total. The molecule has 0 bridgehead atoms. The van der Waals surface area contributed by atoms with E-state index in [2.05, 4.69) is 11.6 Å². The molecule has 1 aromatic heterocycles. The van der Waals surface area contributed by atoms with Gasteiger partial charge in [-0.15, -0.1) is 0 Å². The van der Waals surface area contributed by atoms with Crippen LogP contribution >= 0.6 is 0 Å². The van der Waals surface area contributed by atoms with Gasteiger partial charge in [-0.2, -0.15) is 0 Å². The van der Waals surface area contributed by atoms with Gasteiger partial charge >= 0.3 is 0 Å². The summed E-state index contributed by atoms with van der Waals surface area (Å²) in [6, 6.07) is 0. The molecule has 0 aliphatic heterocycles. The summed E-state index contributed by atoms with van der Waals surface area (Å²) in [5.74, 6) is 0. The molecule has 0 amide bonds. The molecule has 0 atom stereocenters. The average Bonchev–Trinajstić information content (AvgIpc) is 2.53. The first-order chi connectivity index (χ1) is 6.79. The van der Waals surface area contributed by atoms with Crippen molar-refractivity contribution < 1.29 is 4.79 Å². The monoisotopic (exact) mass is 187 g/mol. The van der Waals surface area contributed by atoms with Crippen molar-refractivity contribution in [3.8, 4) is 0 Å². The predicted molar refractivity (Wildman–Crippen MR) is 59.9 cm³/mol. The number of aldehydes is 1. The molecule has 1 N–H and O–H groups in total. The van der Waals surface area contributed by atoms with E-state index in [9.17, 15) is 4.79 Å². The van der Waals surface area contributed by atoms with Gasteiger partial charge in [0.05, 0.1) is 0 Å². The lowest BCUT2D eigenvalue weighted by Crippen LogP contribution is -2.21. The van der Waals surface area contributed by atoms with Crippen LogP contribution in [0.3, 0.4) is 0 Å². The van der Waals surface area contributed by atoms with Crippen LogP contribution in [0.15, 0.2) is 24.4 Å². The van der Waals surface area contributed by atoms with Crippen molar-refractivity contribution >= 4 is 25.0 Å². The van der Waals surface area contributed by atoms with Gasteiger partial charge in [-0.1, -0.05) is 24.8 Å². The van der Waals surface area contributed by atoms with Crippen LogP contribution in [0.4, 0.5) is 0 Å². The normalized spacial score (nSPS) is 13.1. The molecule has 0 fully saturated rings. The zero-order chi connectivity index (χ0) is 10.4. The van der Waals surface area contributed by atoms with Crippen molar-refractivity contribution in [1.29, 1.82) is 0 Å². The van der Waals surface area contributed by atoms with Crippen LogP contribution in [-0.2, 0) is 4.79 Å². The Balaban J connectivity index is 3.25. The van der Waals surface area contributed by atoms with E-state index in [0.717, 1.165) is 22.4 Å². The molecule has 1 rings (SSSR count). The topological polar surface area (TPSA) is 32.9 Å². The Labute approximate surface area is 83.0 Å². The number of nitrogens with one attached hydrogen (secondary N) is 1. The Morgan fingerprint density at radius 2 is 2.21 bits per heavy atom. The summed E-state index contributed by atoms with van der Waals surface area (Å²) in [7, 11) is 0. The van der Waals surface area contributed by atoms with E-state index in [1.54, 1.807) is 6.08 Å². The number of carbonyl (C=O) groups excluding carboxylic acids is 1.